The SMILES string of the molecule is CCCc1cc(-c2nc3c(s2)CCCC3)ccc1OCCCOc1ccc2c(ccn2C(C)C(=O)O)c1. The maximum absolute atomic E-state index is 11.3. The van der Waals surface area contributed by atoms with E-state index in [9.17, 15) is 9.90 Å². The summed E-state index contributed by atoms with van der Waals surface area (Å²) in [6.07, 6.45) is 9.43. The van der Waals surface area contributed by atoms with E-state index in [2.05, 4.69) is 25.1 Å². The second kappa shape index (κ2) is 11.4. The van der Waals surface area contributed by atoms with Crippen LogP contribution in [0, 0.1) is 0 Å². The average molecular weight is 519 g/mol. The molecule has 37 heavy (non-hydrogen) atoms. The Morgan fingerprint density at radius 3 is 2.76 bits per heavy atom. The van der Waals surface area contributed by atoms with Crippen LogP contribution in [0.4, 0.5) is 0 Å². The molecule has 2 aromatic carbocycles. The lowest BCUT2D eigenvalue weighted by Crippen LogP contribution is -2.14. The van der Waals surface area contributed by atoms with Crippen molar-refractivity contribution in [2.75, 3.05) is 13.2 Å². The molecule has 6 nitrogen and oxygen atoms in total. The van der Waals surface area contributed by atoms with Gasteiger partial charge in [-0.2, -0.15) is 0 Å². The zero-order valence-corrected chi connectivity index (χ0v) is 22.4. The van der Waals surface area contributed by atoms with E-state index in [-0.39, 0.29) is 0 Å². The number of nitrogens with zero attached hydrogens (tertiary/aromatic N) is 2. The van der Waals surface area contributed by atoms with Gasteiger partial charge < -0.3 is 19.1 Å². The number of aliphatic carboxylic acids is 1. The molecule has 0 saturated heterocycles. The molecule has 0 radical (unpaired) electrons. The minimum Gasteiger partial charge on any atom is -0.493 e. The van der Waals surface area contributed by atoms with Crippen LogP contribution in [0.15, 0.2) is 48.7 Å². The molecule has 0 bridgehead atoms. The minimum atomic E-state index is -0.851. The van der Waals surface area contributed by atoms with Crippen LogP contribution in [0.3, 0.4) is 0 Å². The summed E-state index contributed by atoms with van der Waals surface area (Å²) in [6.45, 7) is 5.00. The van der Waals surface area contributed by atoms with Gasteiger partial charge in [0.25, 0.3) is 0 Å². The summed E-state index contributed by atoms with van der Waals surface area (Å²) in [6, 6.07) is 13.6. The number of hydrogen-bond donors (Lipinski definition) is 1. The monoisotopic (exact) mass is 518 g/mol. The van der Waals surface area contributed by atoms with Gasteiger partial charge >= 0.3 is 5.97 Å². The molecule has 1 aliphatic rings. The van der Waals surface area contributed by atoms with E-state index in [1.54, 1.807) is 11.5 Å². The number of rotatable bonds is 11. The third kappa shape index (κ3) is 5.67. The molecule has 1 N–H and O–H groups in total. The average Bonchev–Trinajstić information content (AvgIpc) is 3.53. The summed E-state index contributed by atoms with van der Waals surface area (Å²) in [5.41, 5.74) is 4.62. The van der Waals surface area contributed by atoms with Crippen molar-refractivity contribution in [2.45, 2.75) is 64.8 Å². The van der Waals surface area contributed by atoms with E-state index in [4.69, 9.17) is 14.5 Å². The van der Waals surface area contributed by atoms with Gasteiger partial charge in [0, 0.05) is 34.0 Å². The molecular formula is C30H34N2O4S. The van der Waals surface area contributed by atoms with E-state index in [0.717, 1.165) is 53.1 Å². The molecule has 1 unspecified atom stereocenters. The number of ether oxygens (including phenoxy) is 2. The molecular weight excluding hydrogens is 484 g/mol. The summed E-state index contributed by atoms with van der Waals surface area (Å²) in [7, 11) is 0. The van der Waals surface area contributed by atoms with Gasteiger partial charge in [-0.05, 0) is 87.1 Å². The van der Waals surface area contributed by atoms with E-state index in [1.165, 1.54) is 41.0 Å². The van der Waals surface area contributed by atoms with E-state index >= 15 is 0 Å². The third-order valence-corrected chi connectivity index (χ3v) is 8.16. The molecule has 0 saturated carbocycles. The number of aryl methyl sites for hydroxylation is 3. The first-order valence-corrected chi connectivity index (χ1v) is 14.1. The summed E-state index contributed by atoms with van der Waals surface area (Å²) >= 11 is 1.85. The van der Waals surface area contributed by atoms with Crippen LogP contribution in [0.2, 0.25) is 0 Å². The van der Waals surface area contributed by atoms with Crippen molar-refractivity contribution in [1.82, 2.24) is 9.55 Å². The van der Waals surface area contributed by atoms with E-state index < -0.39 is 12.0 Å². The van der Waals surface area contributed by atoms with E-state index in [0.29, 0.717) is 13.2 Å². The lowest BCUT2D eigenvalue weighted by Gasteiger charge is -2.13. The van der Waals surface area contributed by atoms with Gasteiger partial charge in [-0.15, -0.1) is 11.3 Å². The van der Waals surface area contributed by atoms with Gasteiger partial charge in [-0.1, -0.05) is 13.3 Å². The summed E-state index contributed by atoms with van der Waals surface area (Å²) in [5, 5.41) is 11.4. The number of thiazole rings is 1. The molecule has 1 aliphatic carbocycles. The fourth-order valence-corrected chi connectivity index (χ4v) is 6.06. The van der Waals surface area contributed by atoms with Gasteiger partial charge in [0.05, 0.1) is 18.9 Å². The Morgan fingerprint density at radius 1 is 1.11 bits per heavy atom. The fraction of sp³-hybridized carbons (Fsp3) is 0.400. The summed E-state index contributed by atoms with van der Waals surface area (Å²) < 4.78 is 13.9. The van der Waals surface area contributed by atoms with Gasteiger partial charge in [0.15, 0.2) is 0 Å². The van der Waals surface area contributed by atoms with Crippen molar-refractivity contribution in [1.29, 1.82) is 0 Å². The third-order valence-electron chi connectivity index (χ3n) is 6.95. The molecule has 7 heteroatoms. The highest BCUT2D eigenvalue weighted by Gasteiger charge is 2.17. The highest BCUT2D eigenvalue weighted by molar-refractivity contribution is 7.15. The van der Waals surface area contributed by atoms with Crippen molar-refractivity contribution >= 4 is 28.2 Å². The molecule has 0 fully saturated rings. The highest BCUT2D eigenvalue weighted by Crippen LogP contribution is 2.35. The minimum absolute atomic E-state index is 0.545. The number of fused-ring (bicyclic) bond motifs is 2. The molecule has 4 aromatic rings. The van der Waals surface area contributed by atoms with Crippen LogP contribution in [0.5, 0.6) is 11.5 Å². The first kappa shape index (κ1) is 25.3. The Kier molecular flexibility index (Phi) is 7.79. The van der Waals surface area contributed by atoms with Crippen LogP contribution >= 0.6 is 11.3 Å². The van der Waals surface area contributed by atoms with Crippen molar-refractivity contribution in [2.24, 2.45) is 0 Å². The quantitative estimate of drug-likeness (QED) is 0.215. The number of carboxylic acid groups (broad SMARTS) is 1. The maximum atomic E-state index is 11.3. The first-order valence-electron chi connectivity index (χ1n) is 13.2. The summed E-state index contributed by atoms with van der Waals surface area (Å²) in [5.74, 6) is 0.870. The Balaban J connectivity index is 1.16. The Labute approximate surface area is 221 Å². The molecule has 0 spiro atoms. The number of carboxylic acids is 1. The van der Waals surface area contributed by atoms with Crippen molar-refractivity contribution in [3.05, 3.63) is 64.8 Å². The zero-order valence-electron chi connectivity index (χ0n) is 21.5. The molecule has 2 aromatic heterocycles. The Hall–Kier alpha value is -3.32. The Morgan fingerprint density at radius 2 is 1.95 bits per heavy atom. The molecule has 0 aliphatic heterocycles. The molecule has 2 heterocycles. The summed E-state index contributed by atoms with van der Waals surface area (Å²) in [4.78, 5) is 17.7. The van der Waals surface area contributed by atoms with Gasteiger partial charge in [-0.3, -0.25) is 0 Å². The van der Waals surface area contributed by atoms with Crippen LogP contribution in [-0.2, 0) is 24.1 Å². The lowest BCUT2D eigenvalue weighted by molar-refractivity contribution is -0.140. The lowest BCUT2D eigenvalue weighted by atomic mass is 10.0. The van der Waals surface area contributed by atoms with Gasteiger partial charge in [0.2, 0.25) is 0 Å². The first-order chi connectivity index (χ1) is 18.0. The maximum Gasteiger partial charge on any atom is 0.326 e. The van der Waals surface area contributed by atoms with Crippen LogP contribution in [0.25, 0.3) is 21.5 Å². The number of carbonyl (C=O) groups is 1. The van der Waals surface area contributed by atoms with Gasteiger partial charge in [0.1, 0.15) is 22.5 Å². The van der Waals surface area contributed by atoms with Crippen molar-refractivity contribution in [3.63, 3.8) is 0 Å². The Bertz CT molecular complexity index is 1370. The van der Waals surface area contributed by atoms with Crippen molar-refractivity contribution < 1.29 is 19.4 Å². The molecule has 194 valence electrons. The standard InChI is InChI=1S/C30H34N2O4S/c1-3-7-22-18-23(29-31-25-8-4-5-9-28(25)37-29)10-13-27(22)36-17-6-16-35-24-11-12-26-21(19-24)14-15-32(26)20(2)30(33)34/h10-15,18-20H,3-9,16-17H2,1-2H3,(H,33,34). The second-order valence-electron chi connectivity index (χ2n) is 9.68. The van der Waals surface area contributed by atoms with Gasteiger partial charge in [-0.25, -0.2) is 9.78 Å². The largest absolute Gasteiger partial charge is 0.493 e. The van der Waals surface area contributed by atoms with Crippen LogP contribution < -0.4 is 9.47 Å². The second-order valence-corrected chi connectivity index (χ2v) is 10.8. The number of hydrogen-bond acceptors (Lipinski definition) is 5. The predicted octanol–water partition coefficient (Wildman–Crippen LogP) is 7.09. The van der Waals surface area contributed by atoms with E-state index in [1.807, 2.05) is 41.8 Å². The zero-order chi connectivity index (χ0) is 25.8. The normalized spacial score (nSPS) is 13.9. The smallest absolute Gasteiger partial charge is 0.326 e. The highest BCUT2D eigenvalue weighted by atomic mass is 32.1. The number of aromatic nitrogens is 2. The van der Waals surface area contributed by atoms with Crippen LogP contribution in [-0.4, -0.2) is 33.8 Å². The topological polar surface area (TPSA) is 73.6 Å². The molecule has 0 amide bonds. The molecule has 5 rings (SSSR count). The van der Waals surface area contributed by atoms with Crippen molar-refractivity contribution in [3.8, 4) is 22.1 Å². The number of benzene rings is 2. The molecule has 1 atom stereocenters. The predicted molar refractivity (Wildman–Crippen MR) is 148 cm³/mol. The van der Waals surface area contributed by atoms with Crippen LogP contribution in [0.1, 0.15) is 61.7 Å². The fourth-order valence-electron chi connectivity index (χ4n) is 4.91.